The van der Waals surface area contributed by atoms with E-state index in [0.717, 1.165) is 5.56 Å². The van der Waals surface area contributed by atoms with E-state index in [1.807, 2.05) is 36.4 Å². The molecule has 27 heavy (non-hydrogen) atoms. The molecule has 2 aromatic carbocycles. The van der Waals surface area contributed by atoms with Crippen LogP contribution in [0.15, 0.2) is 64.5 Å². The molecule has 0 bridgehead atoms. The number of aromatic nitrogens is 3. The summed E-state index contributed by atoms with van der Waals surface area (Å²) < 4.78 is 1.53. The van der Waals surface area contributed by atoms with Gasteiger partial charge in [0, 0.05) is 12.2 Å². The molecule has 0 aliphatic heterocycles. The monoisotopic (exact) mass is 379 g/mol. The van der Waals surface area contributed by atoms with Crippen molar-refractivity contribution in [1.29, 1.82) is 5.26 Å². The number of thioether (sulfide) groups is 1. The number of hydrogen-bond acceptors (Lipinski definition) is 5. The molecule has 8 heteroatoms. The van der Waals surface area contributed by atoms with Gasteiger partial charge in [-0.25, -0.2) is 9.89 Å². The first-order valence-corrected chi connectivity index (χ1v) is 9.26. The summed E-state index contributed by atoms with van der Waals surface area (Å²) in [7, 11) is 0. The summed E-state index contributed by atoms with van der Waals surface area (Å²) in [5, 5.41) is 18.5. The maximum absolute atomic E-state index is 12.1. The van der Waals surface area contributed by atoms with Gasteiger partial charge in [0.05, 0.1) is 17.4 Å². The Morgan fingerprint density at radius 2 is 2.04 bits per heavy atom. The molecule has 2 N–H and O–H groups in total. The summed E-state index contributed by atoms with van der Waals surface area (Å²) in [6.07, 6.45) is 0.695. The van der Waals surface area contributed by atoms with Crippen molar-refractivity contribution < 1.29 is 4.79 Å². The lowest BCUT2D eigenvalue weighted by molar-refractivity contribution is -0.113. The Morgan fingerprint density at radius 3 is 2.81 bits per heavy atom. The van der Waals surface area contributed by atoms with E-state index in [0.29, 0.717) is 29.4 Å². The summed E-state index contributed by atoms with van der Waals surface area (Å²) in [5.41, 5.74) is 1.86. The van der Waals surface area contributed by atoms with Crippen molar-refractivity contribution in [2.24, 2.45) is 0 Å². The Morgan fingerprint density at radius 1 is 1.22 bits per heavy atom. The molecule has 1 heterocycles. The van der Waals surface area contributed by atoms with Gasteiger partial charge in [-0.3, -0.25) is 9.36 Å². The number of amides is 1. The smallest absolute Gasteiger partial charge is 0.325 e. The number of hydrogen-bond donors (Lipinski definition) is 2. The van der Waals surface area contributed by atoms with E-state index in [-0.39, 0.29) is 17.3 Å². The lowest BCUT2D eigenvalue weighted by atomic mass is 10.1. The van der Waals surface area contributed by atoms with Crippen molar-refractivity contribution in [2.75, 3.05) is 11.1 Å². The Balaban J connectivity index is 1.58. The van der Waals surface area contributed by atoms with Crippen LogP contribution in [0.4, 0.5) is 5.69 Å². The first kappa shape index (κ1) is 18.5. The quantitative estimate of drug-likeness (QED) is 0.614. The third-order valence-electron chi connectivity index (χ3n) is 3.80. The van der Waals surface area contributed by atoms with Crippen molar-refractivity contribution in [2.45, 2.75) is 18.1 Å². The number of carbonyl (C=O) groups excluding carboxylic acids is 1. The van der Waals surface area contributed by atoms with Crippen LogP contribution in [0.5, 0.6) is 0 Å². The molecule has 0 aliphatic carbocycles. The molecule has 0 atom stereocenters. The van der Waals surface area contributed by atoms with E-state index >= 15 is 0 Å². The molecule has 0 saturated carbocycles. The van der Waals surface area contributed by atoms with E-state index in [1.165, 1.54) is 16.3 Å². The van der Waals surface area contributed by atoms with Gasteiger partial charge in [-0.15, -0.1) is 5.10 Å². The molecule has 0 fully saturated rings. The molecule has 3 aromatic rings. The first-order chi connectivity index (χ1) is 13.2. The van der Waals surface area contributed by atoms with Crippen LogP contribution in [-0.2, 0) is 17.8 Å². The molecular formula is C19H17N5O2S. The minimum Gasteiger partial charge on any atom is -0.325 e. The predicted molar refractivity (Wildman–Crippen MR) is 104 cm³/mol. The van der Waals surface area contributed by atoms with Gasteiger partial charge in [-0.05, 0) is 30.2 Å². The fraction of sp³-hybridized carbons (Fsp3) is 0.158. The second-order valence-corrected chi connectivity index (χ2v) is 6.67. The van der Waals surface area contributed by atoms with E-state index in [4.69, 9.17) is 5.26 Å². The first-order valence-electron chi connectivity index (χ1n) is 8.27. The molecule has 3 rings (SSSR count). The fourth-order valence-corrected chi connectivity index (χ4v) is 3.26. The molecule has 0 aliphatic rings. The fourth-order valence-electron chi connectivity index (χ4n) is 2.49. The average molecular weight is 379 g/mol. The van der Waals surface area contributed by atoms with Crippen LogP contribution in [0.1, 0.15) is 11.1 Å². The van der Waals surface area contributed by atoms with Crippen LogP contribution in [0.25, 0.3) is 0 Å². The molecule has 1 amide bonds. The molecule has 0 spiro atoms. The summed E-state index contributed by atoms with van der Waals surface area (Å²) in [6.45, 7) is 0.480. The lowest BCUT2D eigenvalue weighted by Gasteiger charge is -2.07. The largest absolute Gasteiger partial charge is 0.343 e. The van der Waals surface area contributed by atoms with E-state index in [9.17, 15) is 9.59 Å². The number of anilines is 1. The van der Waals surface area contributed by atoms with Gasteiger partial charge in [-0.1, -0.05) is 48.2 Å². The van der Waals surface area contributed by atoms with Crippen LogP contribution in [0, 0.1) is 11.3 Å². The number of nitrogens with zero attached hydrogens (tertiary/aromatic N) is 3. The molecule has 136 valence electrons. The molecule has 0 radical (unpaired) electrons. The summed E-state index contributed by atoms with van der Waals surface area (Å²) in [5.74, 6) is -0.132. The molecular weight excluding hydrogens is 362 g/mol. The zero-order valence-electron chi connectivity index (χ0n) is 14.4. The minimum absolute atomic E-state index is 0.104. The van der Waals surface area contributed by atoms with Gasteiger partial charge in [0.15, 0.2) is 5.16 Å². The summed E-state index contributed by atoms with van der Waals surface area (Å²) in [4.78, 5) is 24.1. The maximum Gasteiger partial charge on any atom is 0.343 e. The van der Waals surface area contributed by atoms with E-state index < -0.39 is 0 Å². The molecule has 7 nitrogen and oxygen atoms in total. The number of carbonyl (C=O) groups is 1. The van der Waals surface area contributed by atoms with Crippen molar-refractivity contribution in [3.63, 3.8) is 0 Å². The third kappa shape index (κ3) is 5.09. The van der Waals surface area contributed by atoms with Crippen molar-refractivity contribution >= 4 is 23.4 Å². The van der Waals surface area contributed by atoms with E-state index in [2.05, 4.69) is 15.5 Å². The van der Waals surface area contributed by atoms with Gasteiger partial charge in [0.2, 0.25) is 5.91 Å². The number of aryl methyl sites for hydroxylation is 1. The highest BCUT2D eigenvalue weighted by molar-refractivity contribution is 7.99. The molecule has 1 aromatic heterocycles. The average Bonchev–Trinajstić information content (AvgIpc) is 3.05. The number of rotatable bonds is 7. The van der Waals surface area contributed by atoms with Crippen LogP contribution in [0.2, 0.25) is 0 Å². The van der Waals surface area contributed by atoms with Crippen molar-refractivity contribution in [3.05, 3.63) is 76.2 Å². The van der Waals surface area contributed by atoms with Gasteiger partial charge in [0.25, 0.3) is 0 Å². The molecule has 0 unspecified atom stereocenters. The standard InChI is InChI=1S/C19H17N5O2S/c20-12-15-7-4-8-16(11-15)21-17(25)13-27-19-23-22-18(26)24(19)10-9-14-5-2-1-3-6-14/h1-8,11H,9-10,13H2,(H,21,25)(H,22,26). The van der Waals surface area contributed by atoms with E-state index in [1.54, 1.807) is 24.3 Å². The zero-order chi connectivity index (χ0) is 19.1. The highest BCUT2D eigenvalue weighted by atomic mass is 32.2. The second-order valence-electron chi connectivity index (χ2n) is 5.73. The van der Waals surface area contributed by atoms with Crippen LogP contribution < -0.4 is 11.0 Å². The Hall–Kier alpha value is -3.31. The van der Waals surface area contributed by atoms with Crippen LogP contribution in [-0.4, -0.2) is 26.4 Å². The van der Waals surface area contributed by atoms with Crippen LogP contribution >= 0.6 is 11.8 Å². The second kappa shape index (κ2) is 8.87. The highest BCUT2D eigenvalue weighted by Crippen LogP contribution is 2.15. The van der Waals surface area contributed by atoms with Gasteiger partial charge < -0.3 is 5.32 Å². The van der Waals surface area contributed by atoms with Crippen molar-refractivity contribution in [3.8, 4) is 6.07 Å². The van der Waals surface area contributed by atoms with Gasteiger partial charge >= 0.3 is 5.69 Å². The Kier molecular flexibility index (Phi) is 6.07. The maximum atomic E-state index is 12.1. The van der Waals surface area contributed by atoms with Crippen LogP contribution in [0.3, 0.4) is 0 Å². The molecule has 0 saturated heterocycles. The topological polar surface area (TPSA) is 104 Å². The Bertz CT molecular complexity index is 1020. The number of aromatic amines is 1. The van der Waals surface area contributed by atoms with Gasteiger partial charge in [0.1, 0.15) is 0 Å². The number of H-pyrrole nitrogens is 1. The minimum atomic E-state index is -0.296. The number of benzene rings is 2. The zero-order valence-corrected chi connectivity index (χ0v) is 15.2. The Labute approximate surface area is 160 Å². The summed E-state index contributed by atoms with van der Waals surface area (Å²) in [6, 6.07) is 18.6. The normalized spacial score (nSPS) is 10.3. The summed E-state index contributed by atoms with van der Waals surface area (Å²) >= 11 is 1.18. The number of nitrogens with one attached hydrogen (secondary N) is 2. The van der Waals surface area contributed by atoms with Gasteiger partial charge in [-0.2, -0.15) is 5.26 Å². The third-order valence-corrected chi connectivity index (χ3v) is 4.77. The lowest BCUT2D eigenvalue weighted by Crippen LogP contribution is -2.20. The van der Waals surface area contributed by atoms with Crippen molar-refractivity contribution in [1.82, 2.24) is 14.8 Å². The SMILES string of the molecule is N#Cc1cccc(NC(=O)CSc2n[nH]c(=O)n2CCc2ccccc2)c1. The highest BCUT2D eigenvalue weighted by Gasteiger charge is 2.12. The predicted octanol–water partition coefficient (Wildman–Crippen LogP) is 2.42. The number of nitriles is 1.